The topological polar surface area (TPSA) is 83.5 Å². The molecule has 1 aromatic carbocycles. The number of carbonyl (C=O) groups is 2. The fraction of sp³-hybridized carbons (Fsp3) is 0.480. The van der Waals surface area contributed by atoms with Gasteiger partial charge in [-0.15, -0.1) is 0 Å². The molecule has 2 saturated heterocycles. The molecule has 174 valence electrons. The predicted octanol–water partition coefficient (Wildman–Crippen LogP) is 2.71. The van der Waals surface area contributed by atoms with Crippen LogP contribution in [0.4, 0.5) is 0 Å². The van der Waals surface area contributed by atoms with Crippen LogP contribution in [-0.2, 0) is 23.0 Å². The molecule has 2 amide bonds. The van der Waals surface area contributed by atoms with Gasteiger partial charge in [-0.2, -0.15) is 5.10 Å². The van der Waals surface area contributed by atoms with Crippen molar-refractivity contribution in [2.75, 3.05) is 39.4 Å². The number of H-pyrrole nitrogens is 1. The quantitative estimate of drug-likeness (QED) is 0.649. The Hall–Kier alpha value is -3.13. The SMILES string of the molecule is Cn1cc(CCC(=O)N2CCC[C@@H](c3[nH]ncc3C(=O)N3CCOCC3)C2)c2ccccc21. The predicted molar refractivity (Wildman–Crippen MR) is 125 cm³/mol. The molecule has 2 aliphatic heterocycles. The van der Waals surface area contributed by atoms with Crippen LogP contribution in [0.3, 0.4) is 0 Å². The average molecular weight is 450 g/mol. The van der Waals surface area contributed by atoms with Gasteiger partial charge in [0.15, 0.2) is 0 Å². The maximum Gasteiger partial charge on any atom is 0.257 e. The van der Waals surface area contributed by atoms with Gasteiger partial charge in [-0.1, -0.05) is 18.2 Å². The lowest BCUT2D eigenvalue weighted by Gasteiger charge is -2.33. The number of para-hydroxylation sites is 1. The summed E-state index contributed by atoms with van der Waals surface area (Å²) in [5, 5.41) is 8.46. The number of ether oxygens (including phenoxy) is 1. The normalized spacial score (nSPS) is 19.2. The van der Waals surface area contributed by atoms with Crippen molar-refractivity contribution >= 4 is 22.7 Å². The first-order valence-corrected chi connectivity index (χ1v) is 11.8. The van der Waals surface area contributed by atoms with Crippen molar-refractivity contribution in [1.82, 2.24) is 24.6 Å². The number of nitrogens with one attached hydrogen (secondary N) is 1. The molecular weight excluding hydrogens is 418 g/mol. The molecule has 0 spiro atoms. The lowest BCUT2D eigenvalue weighted by atomic mass is 9.92. The lowest BCUT2D eigenvalue weighted by molar-refractivity contribution is -0.132. The number of rotatable bonds is 5. The molecule has 0 saturated carbocycles. The molecule has 8 nitrogen and oxygen atoms in total. The highest BCUT2D eigenvalue weighted by Crippen LogP contribution is 2.29. The maximum absolute atomic E-state index is 13.1. The summed E-state index contributed by atoms with van der Waals surface area (Å²) < 4.78 is 7.49. The van der Waals surface area contributed by atoms with Gasteiger partial charge in [0.25, 0.3) is 5.91 Å². The van der Waals surface area contributed by atoms with E-state index in [-0.39, 0.29) is 17.7 Å². The number of likely N-dealkylation sites (tertiary alicyclic amines) is 1. The number of benzene rings is 1. The molecule has 1 atom stereocenters. The van der Waals surface area contributed by atoms with Crippen molar-refractivity contribution in [3.8, 4) is 0 Å². The molecule has 0 radical (unpaired) electrons. The number of hydrogen-bond donors (Lipinski definition) is 1. The monoisotopic (exact) mass is 449 g/mol. The van der Waals surface area contributed by atoms with Crippen LogP contribution in [0.2, 0.25) is 0 Å². The van der Waals surface area contributed by atoms with Gasteiger partial charge in [0.1, 0.15) is 0 Å². The van der Waals surface area contributed by atoms with Crippen molar-refractivity contribution < 1.29 is 14.3 Å². The smallest absolute Gasteiger partial charge is 0.257 e. The molecule has 2 fully saturated rings. The van der Waals surface area contributed by atoms with Crippen LogP contribution in [0.5, 0.6) is 0 Å². The number of hydrogen-bond acceptors (Lipinski definition) is 4. The van der Waals surface area contributed by atoms with E-state index in [0.29, 0.717) is 44.8 Å². The van der Waals surface area contributed by atoms with E-state index in [1.807, 2.05) is 29.0 Å². The third kappa shape index (κ3) is 4.39. The number of aromatic amines is 1. The minimum Gasteiger partial charge on any atom is -0.378 e. The molecule has 0 bridgehead atoms. The number of aryl methyl sites for hydroxylation is 2. The van der Waals surface area contributed by atoms with Gasteiger partial charge in [-0.3, -0.25) is 14.7 Å². The first kappa shape index (κ1) is 21.7. The zero-order valence-electron chi connectivity index (χ0n) is 19.1. The molecule has 33 heavy (non-hydrogen) atoms. The Labute approximate surface area is 193 Å². The van der Waals surface area contributed by atoms with Crippen LogP contribution >= 0.6 is 0 Å². The second kappa shape index (κ2) is 9.39. The number of piperidine rings is 1. The van der Waals surface area contributed by atoms with Gasteiger partial charge >= 0.3 is 0 Å². The van der Waals surface area contributed by atoms with Crippen molar-refractivity contribution in [3.63, 3.8) is 0 Å². The maximum atomic E-state index is 13.1. The molecule has 3 aromatic rings. The average Bonchev–Trinajstić information content (AvgIpc) is 3.48. The summed E-state index contributed by atoms with van der Waals surface area (Å²) >= 11 is 0. The zero-order chi connectivity index (χ0) is 22.8. The molecule has 5 rings (SSSR count). The minimum absolute atomic E-state index is 0.00135. The van der Waals surface area contributed by atoms with Crippen LogP contribution in [0, 0.1) is 0 Å². The number of morpholine rings is 1. The van der Waals surface area contributed by atoms with Crippen LogP contribution in [0.1, 0.15) is 46.8 Å². The Morgan fingerprint density at radius 3 is 2.82 bits per heavy atom. The van der Waals surface area contributed by atoms with Crippen molar-refractivity contribution in [1.29, 1.82) is 0 Å². The second-order valence-corrected chi connectivity index (χ2v) is 9.06. The van der Waals surface area contributed by atoms with Crippen LogP contribution in [0.15, 0.2) is 36.7 Å². The molecule has 0 unspecified atom stereocenters. The summed E-state index contributed by atoms with van der Waals surface area (Å²) in [4.78, 5) is 29.9. The number of nitrogens with zero attached hydrogens (tertiary/aromatic N) is 4. The molecule has 4 heterocycles. The lowest BCUT2D eigenvalue weighted by Crippen LogP contribution is -2.42. The molecular formula is C25H31N5O3. The Morgan fingerprint density at radius 2 is 1.97 bits per heavy atom. The number of amides is 2. The van der Waals surface area contributed by atoms with Gasteiger partial charge in [0.05, 0.1) is 30.7 Å². The summed E-state index contributed by atoms with van der Waals surface area (Å²) in [6, 6.07) is 8.31. The standard InChI is InChI=1S/C25H31N5O3/c1-28-16-18(20-6-2-3-7-22(20)28)8-9-23(31)30-10-4-5-19(17-30)24-21(15-26-27-24)25(32)29-11-13-33-14-12-29/h2-3,6-7,15-16,19H,4-5,8-14,17H2,1H3,(H,26,27)/t19-/m1/s1. The summed E-state index contributed by atoms with van der Waals surface area (Å²) in [5.41, 5.74) is 3.89. The molecule has 0 aliphatic carbocycles. The summed E-state index contributed by atoms with van der Waals surface area (Å²) in [7, 11) is 2.04. The van der Waals surface area contributed by atoms with Gasteiger partial charge in [0, 0.05) is 62.7 Å². The van der Waals surface area contributed by atoms with Crippen molar-refractivity contribution in [2.24, 2.45) is 7.05 Å². The van der Waals surface area contributed by atoms with E-state index in [0.717, 1.165) is 31.5 Å². The van der Waals surface area contributed by atoms with Crippen LogP contribution in [-0.4, -0.2) is 75.8 Å². The minimum atomic E-state index is 0.00135. The van der Waals surface area contributed by atoms with Crippen LogP contribution in [0.25, 0.3) is 10.9 Å². The van der Waals surface area contributed by atoms with E-state index >= 15 is 0 Å². The largest absolute Gasteiger partial charge is 0.378 e. The molecule has 8 heteroatoms. The Morgan fingerprint density at radius 1 is 1.15 bits per heavy atom. The number of carbonyl (C=O) groups excluding carboxylic acids is 2. The highest BCUT2D eigenvalue weighted by Gasteiger charge is 2.30. The van der Waals surface area contributed by atoms with Gasteiger partial charge in [-0.25, -0.2) is 0 Å². The number of aromatic nitrogens is 3. The van der Waals surface area contributed by atoms with Gasteiger partial charge < -0.3 is 19.1 Å². The van der Waals surface area contributed by atoms with E-state index in [4.69, 9.17) is 4.74 Å². The molecule has 2 aliphatic rings. The van der Waals surface area contributed by atoms with E-state index in [2.05, 4.69) is 33.1 Å². The molecule has 1 N–H and O–H groups in total. The zero-order valence-corrected chi connectivity index (χ0v) is 19.1. The summed E-state index contributed by atoms with van der Waals surface area (Å²) in [6.45, 7) is 3.74. The van der Waals surface area contributed by atoms with Crippen molar-refractivity contribution in [2.45, 2.75) is 31.6 Å². The third-order valence-electron chi connectivity index (χ3n) is 6.97. The Bertz CT molecular complexity index is 1140. The first-order valence-electron chi connectivity index (χ1n) is 11.8. The van der Waals surface area contributed by atoms with E-state index in [1.165, 1.54) is 16.5 Å². The third-order valence-corrected chi connectivity index (χ3v) is 6.97. The van der Waals surface area contributed by atoms with Gasteiger partial charge in [-0.05, 0) is 30.9 Å². The highest BCUT2D eigenvalue weighted by molar-refractivity contribution is 5.95. The van der Waals surface area contributed by atoms with Gasteiger partial charge in [0.2, 0.25) is 5.91 Å². The summed E-state index contributed by atoms with van der Waals surface area (Å²) in [5.74, 6) is 0.275. The first-order chi connectivity index (χ1) is 16.1. The van der Waals surface area contributed by atoms with Crippen LogP contribution < -0.4 is 0 Å². The fourth-order valence-electron chi connectivity index (χ4n) is 5.18. The van der Waals surface area contributed by atoms with E-state index in [9.17, 15) is 9.59 Å². The Balaban J connectivity index is 1.24. The van der Waals surface area contributed by atoms with E-state index < -0.39 is 0 Å². The second-order valence-electron chi connectivity index (χ2n) is 9.06. The molecule has 2 aromatic heterocycles. The fourth-order valence-corrected chi connectivity index (χ4v) is 5.18. The summed E-state index contributed by atoms with van der Waals surface area (Å²) in [6.07, 6.45) is 6.85. The highest BCUT2D eigenvalue weighted by atomic mass is 16.5. The van der Waals surface area contributed by atoms with E-state index in [1.54, 1.807) is 6.20 Å². The Kier molecular flexibility index (Phi) is 6.17. The van der Waals surface area contributed by atoms with Crippen molar-refractivity contribution in [3.05, 3.63) is 53.5 Å². The number of fused-ring (bicyclic) bond motifs is 1.